The van der Waals surface area contributed by atoms with Crippen LogP contribution in [-0.4, -0.2) is 42.8 Å². The minimum Gasteiger partial charge on any atom is -0.497 e. The summed E-state index contributed by atoms with van der Waals surface area (Å²) >= 11 is 0. The van der Waals surface area contributed by atoms with Gasteiger partial charge in [0.05, 0.1) is 19.3 Å². The van der Waals surface area contributed by atoms with E-state index in [1.165, 1.54) is 26.4 Å². The lowest BCUT2D eigenvalue weighted by Crippen LogP contribution is -2.42. The SMILES string of the molecule is CCCn1c(N)c(N(CCOC)C(=O)c2ccc(OC)cc2F)c(=O)[nH]c1=O. The molecule has 2 rings (SSSR count). The van der Waals surface area contributed by atoms with Crippen molar-refractivity contribution in [3.63, 3.8) is 0 Å². The topological polar surface area (TPSA) is 120 Å². The van der Waals surface area contributed by atoms with Crippen LogP contribution >= 0.6 is 0 Å². The van der Waals surface area contributed by atoms with E-state index in [1.54, 1.807) is 0 Å². The van der Waals surface area contributed by atoms with Crippen LogP contribution in [0.25, 0.3) is 0 Å². The van der Waals surface area contributed by atoms with Crippen molar-refractivity contribution in [1.82, 2.24) is 9.55 Å². The van der Waals surface area contributed by atoms with Gasteiger partial charge >= 0.3 is 5.69 Å². The van der Waals surface area contributed by atoms with E-state index in [-0.39, 0.29) is 42.5 Å². The van der Waals surface area contributed by atoms with Crippen molar-refractivity contribution < 1.29 is 18.7 Å². The Morgan fingerprint density at radius 1 is 1.32 bits per heavy atom. The monoisotopic (exact) mass is 394 g/mol. The van der Waals surface area contributed by atoms with E-state index < -0.39 is 23.0 Å². The maximum absolute atomic E-state index is 14.4. The van der Waals surface area contributed by atoms with Gasteiger partial charge < -0.3 is 15.2 Å². The van der Waals surface area contributed by atoms with E-state index in [4.69, 9.17) is 15.2 Å². The highest BCUT2D eigenvalue weighted by Gasteiger charge is 2.27. The normalized spacial score (nSPS) is 10.7. The number of aromatic amines is 1. The fourth-order valence-electron chi connectivity index (χ4n) is 2.72. The van der Waals surface area contributed by atoms with Crippen molar-refractivity contribution in [3.8, 4) is 5.75 Å². The number of halogens is 1. The average Bonchev–Trinajstić information content (AvgIpc) is 2.66. The summed E-state index contributed by atoms with van der Waals surface area (Å²) in [4.78, 5) is 40.7. The molecule has 0 saturated carbocycles. The zero-order valence-corrected chi connectivity index (χ0v) is 16.0. The fraction of sp³-hybridized carbons (Fsp3) is 0.389. The molecule has 0 saturated heterocycles. The van der Waals surface area contributed by atoms with Crippen LogP contribution in [0, 0.1) is 5.82 Å². The highest BCUT2D eigenvalue weighted by Crippen LogP contribution is 2.22. The summed E-state index contributed by atoms with van der Waals surface area (Å²) in [7, 11) is 2.79. The van der Waals surface area contributed by atoms with Gasteiger partial charge in [0.2, 0.25) is 0 Å². The summed E-state index contributed by atoms with van der Waals surface area (Å²) in [6.07, 6.45) is 0.578. The summed E-state index contributed by atoms with van der Waals surface area (Å²) in [5.74, 6) is -1.54. The number of amides is 1. The van der Waals surface area contributed by atoms with Crippen LogP contribution in [-0.2, 0) is 11.3 Å². The first kappa shape index (κ1) is 21.2. The number of nitrogens with zero attached hydrogens (tertiary/aromatic N) is 2. The number of nitrogens with one attached hydrogen (secondary N) is 1. The molecule has 0 bridgehead atoms. The summed E-state index contributed by atoms with van der Waals surface area (Å²) in [6.45, 7) is 2.07. The number of carbonyl (C=O) groups is 1. The number of ether oxygens (including phenoxy) is 2. The van der Waals surface area contributed by atoms with Crippen molar-refractivity contribution >= 4 is 17.4 Å². The highest BCUT2D eigenvalue weighted by molar-refractivity contribution is 6.07. The first-order valence-corrected chi connectivity index (χ1v) is 8.62. The Kier molecular flexibility index (Phi) is 6.94. The zero-order chi connectivity index (χ0) is 20.8. The molecule has 0 aliphatic heterocycles. The van der Waals surface area contributed by atoms with E-state index in [1.807, 2.05) is 6.92 Å². The lowest BCUT2D eigenvalue weighted by molar-refractivity contribution is 0.0971. The molecule has 1 amide bonds. The summed E-state index contributed by atoms with van der Waals surface area (Å²) < 4.78 is 25.5. The van der Waals surface area contributed by atoms with Crippen LogP contribution < -0.4 is 26.6 Å². The predicted octanol–water partition coefficient (Wildman–Crippen LogP) is 0.970. The lowest BCUT2D eigenvalue weighted by atomic mass is 10.1. The Balaban J connectivity index is 2.61. The van der Waals surface area contributed by atoms with Crippen molar-refractivity contribution in [2.45, 2.75) is 19.9 Å². The molecule has 9 nitrogen and oxygen atoms in total. The fourth-order valence-corrected chi connectivity index (χ4v) is 2.72. The van der Waals surface area contributed by atoms with Gasteiger partial charge in [-0.2, -0.15) is 0 Å². The Morgan fingerprint density at radius 2 is 2.04 bits per heavy atom. The molecule has 10 heteroatoms. The van der Waals surface area contributed by atoms with E-state index >= 15 is 0 Å². The van der Waals surface area contributed by atoms with Crippen LogP contribution in [0.15, 0.2) is 27.8 Å². The standard InChI is InChI=1S/C18H23FN4O5/c1-4-7-23-15(20)14(16(24)21-18(23)26)22(8-9-27-2)17(25)12-6-5-11(28-3)10-13(12)19/h5-6,10H,4,7-9,20H2,1-3H3,(H,21,24,26). The van der Waals surface area contributed by atoms with Gasteiger partial charge in [0.15, 0.2) is 5.69 Å². The number of benzene rings is 1. The molecule has 1 aromatic carbocycles. The molecular formula is C18H23FN4O5. The van der Waals surface area contributed by atoms with Gasteiger partial charge in [0, 0.05) is 26.3 Å². The third-order valence-electron chi connectivity index (χ3n) is 4.10. The van der Waals surface area contributed by atoms with Crippen LogP contribution in [0.4, 0.5) is 15.9 Å². The molecule has 1 aromatic heterocycles. The van der Waals surface area contributed by atoms with Crippen molar-refractivity contribution in [2.24, 2.45) is 0 Å². The minimum atomic E-state index is -0.840. The minimum absolute atomic E-state index is 0.0648. The van der Waals surface area contributed by atoms with Crippen LogP contribution in [0.1, 0.15) is 23.7 Å². The molecule has 1 heterocycles. The van der Waals surface area contributed by atoms with Gasteiger partial charge in [-0.25, -0.2) is 9.18 Å². The van der Waals surface area contributed by atoms with Gasteiger partial charge in [-0.05, 0) is 18.6 Å². The number of H-pyrrole nitrogens is 1. The second-order valence-corrected chi connectivity index (χ2v) is 5.94. The maximum atomic E-state index is 14.4. The van der Waals surface area contributed by atoms with Gasteiger partial charge in [0.1, 0.15) is 17.4 Å². The largest absolute Gasteiger partial charge is 0.497 e. The maximum Gasteiger partial charge on any atom is 0.330 e. The molecule has 0 atom stereocenters. The number of carbonyl (C=O) groups excluding carboxylic acids is 1. The van der Waals surface area contributed by atoms with E-state index in [2.05, 4.69) is 4.98 Å². The lowest BCUT2D eigenvalue weighted by Gasteiger charge is -2.24. The molecule has 0 unspecified atom stereocenters. The number of hydrogen-bond acceptors (Lipinski definition) is 6. The number of hydrogen-bond donors (Lipinski definition) is 2. The summed E-state index contributed by atoms with van der Waals surface area (Å²) in [6, 6.07) is 3.74. The Hall–Kier alpha value is -3.14. The molecule has 2 aromatic rings. The average molecular weight is 394 g/mol. The molecule has 0 aliphatic rings. The number of aromatic nitrogens is 2. The molecular weight excluding hydrogens is 371 g/mol. The van der Waals surface area contributed by atoms with Crippen LogP contribution in [0.2, 0.25) is 0 Å². The second kappa shape index (κ2) is 9.18. The third kappa shape index (κ3) is 4.22. The van der Waals surface area contributed by atoms with E-state index in [0.717, 1.165) is 15.5 Å². The number of anilines is 2. The van der Waals surface area contributed by atoms with E-state index in [0.29, 0.717) is 6.42 Å². The quantitative estimate of drug-likeness (QED) is 0.688. The van der Waals surface area contributed by atoms with Crippen molar-refractivity contribution in [3.05, 3.63) is 50.4 Å². The van der Waals surface area contributed by atoms with Gasteiger partial charge in [-0.3, -0.25) is 24.0 Å². The molecule has 0 radical (unpaired) electrons. The Morgan fingerprint density at radius 3 is 2.61 bits per heavy atom. The first-order valence-electron chi connectivity index (χ1n) is 8.62. The first-order chi connectivity index (χ1) is 13.3. The zero-order valence-electron chi connectivity index (χ0n) is 16.0. The smallest absolute Gasteiger partial charge is 0.330 e. The third-order valence-corrected chi connectivity index (χ3v) is 4.10. The number of methoxy groups -OCH3 is 2. The molecule has 0 spiro atoms. The Bertz CT molecular complexity index is 969. The van der Waals surface area contributed by atoms with Crippen molar-refractivity contribution in [1.29, 1.82) is 0 Å². The van der Waals surface area contributed by atoms with Crippen LogP contribution in [0.3, 0.4) is 0 Å². The number of nitrogens with two attached hydrogens (primary N) is 1. The van der Waals surface area contributed by atoms with Crippen LogP contribution in [0.5, 0.6) is 5.75 Å². The number of nitrogen functional groups attached to an aromatic ring is 1. The Labute approximate surface area is 160 Å². The summed E-state index contributed by atoms with van der Waals surface area (Å²) in [5, 5.41) is 0. The van der Waals surface area contributed by atoms with Gasteiger partial charge in [-0.1, -0.05) is 6.92 Å². The molecule has 152 valence electrons. The summed E-state index contributed by atoms with van der Waals surface area (Å²) in [5.41, 5.74) is 4.01. The van der Waals surface area contributed by atoms with Gasteiger partial charge in [0.25, 0.3) is 11.5 Å². The molecule has 0 fully saturated rings. The predicted molar refractivity (Wildman–Crippen MR) is 103 cm³/mol. The molecule has 28 heavy (non-hydrogen) atoms. The van der Waals surface area contributed by atoms with E-state index in [9.17, 15) is 18.8 Å². The molecule has 0 aliphatic carbocycles. The van der Waals surface area contributed by atoms with Crippen molar-refractivity contribution in [2.75, 3.05) is 38.0 Å². The highest BCUT2D eigenvalue weighted by atomic mass is 19.1. The second-order valence-electron chi connectivity index (χ2n) is 5.94. The van der Waals surface area contributed by atoms with Gasteiger partial charge in [-0.15, -0.1) is 0 Å². The molecule has 3 N–H and O–H groups in total. The number of rotatable bonds is 8.